The molecule has 1 atom stereocenters. The SMILES string of the molecule is CC(CNc1nc(Cl)ncc1Cl)C(C)(C)C. The molecule has 0 saturated heterocycles. The van der Waals surface area contributed by atoms with E-state index in [0.717, 1.165) is 6.54 Å². The van der Waals surface area contributed by atoms with Gasteiger partial charge in [-0.2, -0.15) is 4.98 Å². The molecule has 1 heterocycles. The fourth-order valence-electron chi connectivity index (χ4n) is 1.03. The Morgan fingerprint density at radius 3 is 2.56 bits per heavy atom. The molecule has 1 aromatic heterocycles. The molecule has 0 spiro atoms. The summed E-state index contributed by atoms with van der Waals surface area (Å²) >= 11 is 11.6. The van der Waals surface area contributed by atoms with Crippen LogP contribution >= 0.6 is 23.2 Å². The molecule has 0 aliphatic rings. The summed E-state index contributed by atoms with van der Waals surface area (Å²) in [5.74, 6) is 1.09. The van der Waals surface area contributed by atoms with Crippen molar-refractivity contribution in [2.75, 3.05) is 11.9 Å². The van der Waals surface area contributed by atoms with Crippen LogP contribution in [0.15, 0.2) is 6.20 Å². The molecule has 0 aromatic carbocycles. The van der Waals surface area contributed by atoms with E-state index in [4.69, 9.17) is 23.2 Å². The molecule has 1 N–H and O–H groups in total. The van der Waals surface area contributed by atoms with E-state index in [1.165, 1.54) is 6.20 Å². The number of hydrogen-bond acceptors (Lipinski definition) is 3. The minimum Gasteiger partial charge on any atom is -0.368 e. The molecule has 0 fully saturated rings. The molecule has 90 valence electrons. The van der Waals surface area contributed by atoms with Crippen molar-refractivity contribution in [3.8, 4) is 0 Å². The predicted octanol–water partition coefficient (Wildman–Crippen LogP) is 3.88. The van der Waals surface area contributed by atoms with Gasteiger partial charge in [-0.05, 0) is 22.9 Å². The van der Waals surface area contributed by atoms with Crippen LogP contribution in [0.25, 0.3) is 0 Å². The minimum atomic E-state index is 0.204. The maximum Gasteiger partial charge on any atom is 0.224 e. The first kappa shape index (κ1) is 13.5. The van der Waals surface area contributed by atoms with Crippen molar-refractivity contribution in [2.45, 2.75) is 27.7 Å². The fourth-order valence-corrected chi connectivity index (χ4v) is 1.32. The van der Waals surface area contributed by atoms with E-state index < -0.39 is 0 Å². The lowest BCUT2D eigenvalue weighted by Crippen LogP contribution is -2.25. The molecular formula is C11H17Cl2N3. The summed E-state index contributed by atoms with van der Waals surface area (Å²) in [6.07, 6.45) is 1.50. The summed E-state index contributed by atoms with van der Waals surface area (Å²) in [6.45, 7) is 9.59. The first-order valence-electron chi connectivity index (χ1n) is 5.22. The van der Waals surface area contributed by atoms with Crippen molar-refractivity contribution in [1.29, 1.82) is 0 Å². The Labute approximate surface area is 107 Å². The van der Waals surface area contributed by atoms with Crippen molar-refractivity contribution in [1.82, 2.24) is 9.97 Å². The quantitative estimate of drug-likeness (QED) is 0.840. The molecule has 0 aliphatic carbocycles. The van der Waals surface area contributed by atoms with E-state index in [2.05, 4.69) is 43.0 Å². The van der Waals surface area contributed by atoms with E-state index in [-0.39, 0.29) is 10.7 Å². The number of anilines is 1. The highest BCUT2D eigenvalue weighted by Crippen LogP contribution is 2.26. The molecule has 1 aromatic rings. The second-order valence-corrected chi connectivity index (χ2v) is 5.73. The first-order valence-corrected chi connectivity index (χ1v) is 5.98. The second-order valence-electron chi connectivity index (χ2n) is 4.98. The third kappa shape index (κ3) is 3.80. The van der Waals surface area contributed by atoms with E-state index in [1.54, 1.807) is 0 Å². The third-order valence-electron chi connectivity index (χ3n) is 2.77. The Balaban J connectivity index is 2.64. The highest BCUT2D eigenvalue weighted by atomic mass is 35.5. The summed E-state index contributed by atoms with van der Waals surface area (Å²) in [6, 6.07) is 0. The number of aromatic nitrogens is 2. The summed E-state index contributed by atoms with van der Waals surface area (Å²) in [7, 11) is 0. The largest absolute Gasteiger partial charge is 0.368 e. The Morgan fingerprint density at radius 1 is 1.38 bits per heavy atom. The summed E-state index contributed by atoms with van der Waals surface area (Å²) in [5.41, 5.74) is 0.246. The normalized spacial score (nSPS) is 13.6. The number of hydrogen-bond donors (Lipinski definition) is 1. The maximum absolute atomic E-state index is 5.95. The van der Waals surface area contributed by atoms with E-state index in [0.29, 0.717) is 16.8 Å². The van der Waals surface area contributed by atoms with Gasteiger partial charge in [0, 0.05) is 6.54 Å². The van der Waals surface area contributed by atoms with Gasteiger partial charge in [-0.3, -0.25) is 0 Å². The zero-order valence-corrected chi connectivity index (χ0v) is 11.5. The molecule has 5 heteroatoms. The van der Waals surface area contributed by atoms with Crippen molar-refractivity contribution >= 4 is 29.0 Å². The van der Waals surface area contributed by atoms with Crippen molar-refractivity contribution in [3.05, 3.63) is 16.5 Å². The van der Waals surface area contributed by atoms with Crippen molar-refractivity contribution in [2.24, 2.45) is 11.3 Å². The third-order valence-corrected chi connectivity index (χ3v) is 3.23. The van der Waals surface area contributed by atoms with Gasteiger partial charge in [0.25, 0.3) is 0 Å². The molecule has 0 bridgehead atoms. The topological polar surface area (TPSA) is 37.8 Å². The van der Waals surface area contributed by atoms with Gasteiger partial charge in [-0.15, -0.1) is 0 Å². The van der Waals surface area contributed by atoms with Crippen LogP contribution in [-0.4, -0.2) is 16.5 Å². The Kier molecular flexibility index (Phi) is 4.39. The molecule has 1 unspecified atom stereocenters. The van der Waals surface area contributed by atoms with Crippen LogP contribution in [-0.2, 0) is 0 Å². The summed E-state index contributed by atoms with van der Waals surface area (Å²) in [4.78, 5) is 7.84. The molecular weight excluding hydrogens is 245 g/mol. The van der Waals surface area contributed by atoms with Gasteiger partial charge in [0.05, 0.1) is 6.20 Å². The molecule has 0 aliphatic heterocycles. The van der Waals surface area contributed by atoms with Crippen LogP contribution in [0.5, 0.6) is 0 Å². The van der Waals surface area contributed by atoms with E-state index in [9.17, 15) is 0 Å². The van der Waals surface area contributed by atoms with Gasteiger partial charge in [0.2, 0.25) is 5.28 Å². The van der Waals surface area contributed by atoms with Crippen LogP contribution in [0.1, 0.15) is 27.7 Å². The maximum atomic E-state index is 5.95. The number of rotatable bonds is 3. The molecule has 3 nitrogen and oxygen atoms in total. The monoisotopic (exact) mass is 261 g/mol. The molecule has 0 saturated carbocycles. The van der Waals surface area contributed by atoms with Crippen LogP contribution in [0.4, 0.5) is 5.82 Å². The highest BCUT2D eigenvalue weighted by molar-refractivity contribution is 6.33. The van der Waals surface area contributed by atoms with Gasteiger partial charge < -0.3 is 5.32 Å². The van der Waals surface area contributed by atoms with Crippen molar-refractivity contribution < 1.29 is 0 Å². The predicted molar refractivity (Wildman–Crippen MR) is 69.2 cm³/mol. The molecule has 0 radical (unpaired) electrons. The number of nitrogens with zero attached hydrogens (tertiary/aromatic N) is 2. The molecule has 0 amide bonds. The fraction of sp³-hybridized carbons (Fsp3) is 0.636. The average molecular weight is 262 g/mol. The van der Waals surface area contributed by atoms with Crippen LogP contribution in [0.2, 0.25) is 10.3 Å². The standard InChI is InChI=1S/C11H17Cl2N3/c1-7(11(2,3)4)5-14-9-8(12)6-15-10(13)16-9/h6-7H,5H2,1-4H3,(H,14,15,16). The van der Waals surface area contributed by atoms with E-state index in [1.807, 2.05) is 0 Å². The minimum absolute atomic E-state index is 0.204. The molecule has 1 rings (SSSR count). The summed E-state index contributed by atoms with van der Waals surface area (Å²) in [5, 5.41) is 3.89. The van der Waals surface area contributed by atoms with Crippen LogP contribution in [0.3, 0.4) is 0 Å². The average Bonchev–Trinajstić information content (AvgIpc) is 2.17. The van der Waals surface area contributed by atoms with Gasteiger partial charge in [0.1, 0.15) is 10.8 Å². The Bertz CT molecular complexity index is 361. The Hall–Kier alpha value is -0.540. The lowest BCUT2D eigenvalue weighted by molar-refractivity contribution is 0.274. The lowest BCUT2D eigenvalue weighted by atomic mass is 9.82. The van der Waals surface area contributed by atoms with Gasteiger partial charge >= 0.3 is 0 Å². The second kappa shape index (κ2) is 5.19. The zero-order valence-electron chi connectivity index (χ0n) is 10.0. The summed E-state index contributed by atoms with van der Waals surface area (Å²) < 4.78 is 0. The zero-order chi connectivity index (χ0) is 12.3. The first-order chi connectivity index (χ1) is 7.30. The van der Waals surface area contributed by atoms with Crippen LogP contribution in [0, 0.1) is 11.3 Å². The van der Waals surface area contributed by atoms with Gasteiger partial charge in [-0.1, -0.05) is 39.3 Å². The lowest BCUT2D eigenvalue weighted by Gasteiger charge is -2.27. The number of halogens is 2. The van der Waals surface area contributed by atoms with Crippen LogP contribution < -0.4 is 5.32 Å². The van der Waals surface area contributed by atoms with Gasteiger partial charge in [-0.25, -0.2) is 4.98 Å². The number of nitrogens with one attached hydrogen (secondary N) is 1. The smallest absolute Gasteiger partial charge is 0.224 e. The Morgan fingerprint density at radius 2 is 2.00 bits per heavy atom. The van der Waals surface area contributed by atoms with Gasteiger partial charge in [0.15, 0.2) is 0 Å². The van der Waals surface area contributed by atoms with E-state index >= 15 is 0 Å². The van der Waals surface area contributed by atoms with Crippen molar-refractivity contribution in [3.63, 3.8) is 0 Å². The molecule has 16 heavy (non-hydrogen) atoms. The highest BCUT2D eigenvalue weighted by Gasteiger charge is 2.20.